The van der Waals surface area contributed by atoms with E-state index in [0.29, 0.717) is 20.7 Å². The van der Waals surface area contributed by atoms with E-state index < -0.39 is 4.92 Å². The molecule has 0 atom stereocenters. The number of Topliss-reactive ketones (excluding diaryl/α,β-unsaturated/α-hetero) is 1. The number of rotatable bonds is 5. The highest BCUT2D eigenvalue weighted by molar-refractivity contribution is 9.10. The van der Waals surface area contributed by atoms with Crippen LogP contribution in [0.15, 0.2) is 29.0 Å². The number of halogens is 2. The molecule has 0 aromatic heterocycles. The Hall–Kier alpha value is -1.40. The summed E-state index contributed by atoms with van der Waals surface area (Å²) in [6.07, 6.45) is 3.72. The molecule has 5 nitrogen and oxygen atoms in total. The first-order chi connectivity index (χ1) is 8.99. The fraction of sp³-hybridized carbons (Fsp3) is 0.250. The molecule has 1 aliphatic rings. The van der Waals surface area contributed by atoms with Crippen molar-refractivity contribution in [2.24, 2.45) is 5.92 Å². The molecule has 0 heterocycles. The van der Waals surface area contributed by atoms with E-state index in [1.807, 2.05) is 0 Å². The Morgan fingerprint density at radius 1 is 1.53 bits per heavy atom. The lowest BCUT2D eigenvalue weighted by Crippen LogP contribution is -2.06. The van der Waals surface area contributed by atoms with Gasteiger partial charge in [0.25, 0.3) is 0 Å². The highest BCUT2D eigenvalue weighted by Gasteiger charge is 2.32. The standard InChI is InChI=1S/C12H10BrClN2O3/c13-9-6-11(15-3-4-16(18)19)8(5-10(9)14)12(17)7-1-2-7/h3-7,15H,1-2H2/b4-3-. The van der Waals surface area contributed by atoms with Gasteiger partial charge in [0, 0.05) is 16.0 Å². The Balaban J connectivity index is 2.30. The van der Waals surface area contributed by atoms with Crippen molar-refractivity contribution in [3.05, 3.63) is 49.7 Å². The third kappa shape index (κ3) is 3.54. The second-order valence-electron chi connectivity index (χ2n) is 4.20. The third-order valence-electron chi connectivity index (χ3n) is 2.71. The van der Waals surface area contributed by atoms with Crippen molar-refractivity contribution < 1.29 is 9.72 Å². The summed E-state index contributed by atoms with van der Waals surface area (Å²) in [6.45, 7) is 0. The summed E-state index contributed by atoms with van der Waals surface area (Å²) in [5, 5.41) is 13.4. The van der Waals surface area contributed by atoms with Crippen LogP contribution in [0.3, 0.4) is 0 Å². The average Bonchev–Trinajstić information content (AvgIpc) is 3.16. The number of carbonyl (C=O) groups excluding carboxylic acids is 1. The number of ketones is 1. The molecule has 0 aliphatic heterocycles. The molecule has 0 spiro atoms. The number of carbonyl (C=O) groups is 1. The van der Waals surface area contributed by atoms with Crippen molar-refractivity contribution in [2.45, 2.75) is 12.8 Å². The number of nitrogens with one attached hydrogen (secondary N) is 1. The van der Waals surface area contributed by atoms with Gasteiger partial charge in [-0.2, -0.15) is 0 Å². The van der Waals surface area contributed by atoms with Gasteiger partial charge in [0.1, 0.15) is 0 Å². The fourth-order valence-electron chi connectivity index (χ4n) is 1.62. The van der Waals surface area contributed by atoms with Crippen LogP contribution in [0, 0.1) is 16.0 Å². The molecule has 1 fully saturated rings. The predicted molar refractivity (Wildman–Crippen MR) is 76.0 cm³/mol. The minimum atomic E-state index is -0.583. The molecular formula is C12H10BrClN2O3. The Bertz CT molecular complexity index is 570. The topological polar surface area (TPSA) is 72.2 Å². The van der Waals surface area contributed by atoms with Crippen LogP contribution < -0.4 is 5.32 Å². The quantitative estimate of drug-likeness (QED) is 0.500. The monoisotopic (exact) mass is 344 g/mol. The normalized spacial score (nSPS) is 14.6. The maximum Gasteiger partial charge on any atom is 0.250 e. The minimum absolute atomic E-state index is 0.0198. The molecule has 7 heteroatoms. The molecular weight excluding hydrogens is 336 g/mol. The van der Waals surface area contributed by atoms with Crippen LogP contribution in [-0.2, 0) is 0 Å². The van der Waals surface area contributed by atoms with Crippen molar-refractivity contribution in [2.75, 3.05) is 5.32 Å². The van der Waals surface area contributed by atoms with Gasteiger partial charge in [-0.15, -0.1) is 0 Å². The van der Waals surface area contributed by atoms with Gasteiger partial charge in [0.15, 0.2) is 5.78 Å². The molecule has 1 saturated carbocycles. The summed E-state index contributed by atoms with van der Waals surface area (Å²) in [4.78, 5) is 21.8. The van der Waals surface area contributed by atoms with E-state index >= 15 is 0 Å². The molecule has 2 rings (SSSR count). The smallest absolute Gasteiger partial charge is 0.250 e. The number of hydrogen-bond donors (Lipinski definition) is 1. The van der Waals surface area contributed by atoms with Gasteiger partial charge in [-0.3, -0.25) is 14.9 Å². The minimum Gasteiger partial charge on any atom is -0.356 e. The lowest BCUT2D eigenvalue weighted by molar-refractivity contribution is -0.402. The highest BCUT2D eigenvalue weighted by atomic mass is 79.9. The van der Waals surface area contributed by atoms with Crippen LogP contribution in [0.5, 0.6) is 0 Å². The number of nitro groups is 1. The van der Waals surface area contributed by atoms with Gasteiger partial charge in [0.05, 0.1) is 21.8 Å². The molecule has 0 unspecified atom stereocenters. The first kappa shape index (κ1) is 14.0. The summed E-state index contributed by atoms with van der Waals surface area (Å²) >= 11 is 9.25. The van der Waals surface area contributed by atoms with Crippen LogP contribution in [0.1, 0.15) is 23.2 Å². The molecule has 19 heavy (non-hydrogen) atoms. The molecule has 0 radical (unpaired) electrons. The molecule has 0 amide bonds. The fourth-order valence-corrected chi connectivity index (χ4v) is 2.13. The van der Waals surface area contributed by atoms with Gasteiger partial charge in [-0.1, -0.05) is 11.6 Å². The van der Waals surface area contributed by atoms with Gasteiger partial charge in [0.2, 0.25) is 6.20 Å². The predicted octanol–water partition coefficient (Wildman–Crippen LogP) is 3.86. The van der Waals surface area contributed by atoms with E-state index in [0.717, 1.165) is 19.0 Å². The van der Waals surface area contributed by atoms with E-state index in [1.54, 1.807) is 12.1 Å². The van der Waals surface area contributed by atoms with Crippen molar-refractivity contribution in [3.63, 3.8) is 0 Å². The Kier molecular flexibility index (Phi) is 4.21. The zero-order chi connectivity index (χ0) is 14.0. The van der Waals surface area contributed by atoms with E-state index in [1.165, 1.54) is 6.20 Å². The molecule has 1 N–H and O–H groups in total. The first-order valence-electron chi connectivity index (χ1n) is 5.59. The lowest BCUT2D eigenvalue weighted by atomic mass is 10.1. The number of benzene rings is 1. The van der Waals surface area contributed by atoms with Gasteiger partial charge < -0.3 is 5.32 Å². The molecule has 0 bridgehead atoms. The number of nitrogens with zero attached hydrogens (tertiary/aromatic N) is 1. The molecule has 1 aromatic carbocycles. The Morgan fingerprint density at radius 3 is 2.79 bits per heavy atom. The second-order valence-corrected chi connectivity index (χ2v) is 5.46. The summed E-state index contributed by atoms with van der Waals surface area (Å²) in [7, 11) is 0. The second kappa shape index (κ2) is 5.71. The summed E-state index contributed by atoms with van der Waals surface area (Å²) in [5.41, 5.74) is 0.968. The third-order valence-corrected chi connectivity index (χ3v) is 3.91. The zero-order valence-corrected chi connectivity index (χ0v) is 12.1. The van der Waals surface area contributed by atoms with Gasteiger partial charge >= 0.3 is 0 Å². The zero-order valence-electron chi connectivity index (χ0n) is 9.73. The van der Waals surface area contributed by atoms with Crippen molar-refractivity contribution in [3.8, 4) is 0 Å². The van der Waals surface area contributed by atoms with Crippen LogP contribution in [0.4, 0.5) is 5.69 Å². The SMILES string of the molecule is O=C(c1cc(Cl)c(Br)cc1N/C=C\[N+](=O)[O-])C1CC1. The van der Waals surface area contributed by atoms with Crippen LogP contribution in [0.25, 0.3) is 0 Å². The van der Waals surface area contributed by atoms with Crippen molar-refractivity contribution >= 4 is 39.0 Å². The first-order valence-corrected chi connectivity index (χ1v) is 6.76. The van der Waals surface area contributed by atoms with Crippen LogP contribution >= 0.6 is 27.5 Å². The van der Waals surface area contributed by atoms with Crippen molar-refractivity contribution in [1.82, 2.24) is 0 Å². The van der Waals surface area contributed by atoms with Crippen LogP contribution in [0.2, 0.25) is 5.02 Å². The van der Waals surface area contributed by atoms with Gasteiger partial charge in [-0.05, 0) is 40.9 Å². The lowest BCUT2D eigenvalue weighted by Gasteiger charge is -2.09. The average molecular weight is 346 g/mol. The van der Waals surface area contributed by atoms with E-state index in [2.05, 4.69) is 21.2 Å². The van der Waals surface area contributed by atoms with Crippen molar-refractivity contribution in [1.29, 1.82) is 0 Å². The largest absolute Gasteiger partial charge is 0.356 e. The van der Waals surface area contributed by atoms with Crippen LogP contribution in [-0.4, -0.2) is 10.7 Å². The molecule has 0 saturated heterocycles. The van der Waals surface area contributed by atoms with Gasteiger partial charge in [-0.25, -0.2) is 0 Å². The summed E-state index contributed by atoms with van der Waals surface area (Å²) < 4.78 is 0.624. The molecule has 1 aliphatic carbocycles. The maximum absolute atomic E-state index is 12.1. The summed E-state index contributed by atoms with van der Waals surface area (Å²) in [5.74, 6) is 0.0729. The van der Waals surface area contributed by atoms with E-state index in [4.69, 9.17) is 11.6 Å². The highest BCUT2D eigenvalue weighted by Crippen LogP contribution is 2.37. The van der Waals surface area contributed by atoms with E-state index in [-0.39, 0.29) is 11.7 Å². The maximum atomic E-state index is 12.1. The number of hydrogen-bond acceptors (Lipinski definition) is 4. The molecule has 100 valence electrons. The summed E-state index contributed by atoms with van der Waals surface area (Å²) in [6, 6.07) is 3.22. The Morgan fingerprint density at radius 2 is 2.21 bits per heavy atom. The number of anilines is 1. The van der Waals surface area contributed by atoms with E-state index in [9.17, 15) is 14.9 Å². The Labute approximate surface area is 122 Å². The molecule has 1 aromatic rings.